The minimum atomic E-state index is -0.785. The topological polar surface area (TPSA) is 40.5 Å². The molecule has 86 valence electrons. The van der Waals surface area contributed by atoms with Gasteiger partial charge in [0.2, 0.25) is 0 Å². The summed E-state index contributed by atoms with van der Waals surface area (Å²) in [6.45, 7) is 2.06. The molecule has 2 rings (SSSR count). The summed E-state index contributed by atoms with van der Waals surface area (Å²) >= 11 is 3.43. The molecule has 1 aliphatic rings. The quantitative estimate of drug-likeness (QED) is 0.927. The fraction of sp³-hybridized carbons (Fsp3) is 0.417. The highest BCUT2D eigenvalue weighted by Crippen LogP contribution is 2.30. The minimum Gasteiger partial charge on any atom is -0.481 e. The number of halogens is 1. The van der Waals surface area contributed by atoms with E-state index in [0.29, 0.717) is 0 Å². The van der Waals surface area contributed by atoms with Crippen LogP contribution in [-0.4, -0.2) is 24.2 Å². The largest absolute Gasteiger partial charge is 0.481 e. The van der Waals surface area contributed by atoms with E-state index >= 15 is 0 Å². The second-order valence-corrected chi connectivity index (χ2v) is 4.86. The normalized spacial score (nSPS) is 15.4. The van der Waals surface area contributed by atoms with Crippen LogP contribution in [0.25, 0.3) is 0 Å². The predicted molar refractivity (Wildman–Crippen MR) is 66.9 cm³/mol. The SMILES string of the molecule is O=C(O)Cc1c(Br)cccc1N1CCCC1. The van der Waals surface area contributed by atoms with Crippen LogP contribution < -0.4 is 4.90 Å². The van der Waals surface area contributed by atoms with E-state index in [9.17, 15) is 4.79 Å². The van der Waals surface area contributed by atoms with Crippen molar-refractivity contribution < 1.29 is 9.90 Å². The number of rotatable bonds is 3. The van der Waals surface area contributed by atoms with E-state index in [2.05, 4.69) is 20.8 Å². The Morgan fingerprint density at radius 2 is 2.06 bits per heavy atom. The molecule has 1 N–H and O–H groups in total. The highest BCUT2D eigenvalue weighted by molar-refractivity contribution is 9.10. The van der Waals surface area contributed by atoms with E-state index in [-0.39, 0.29) is 6.42 Å². The molecule has 1 aromatic carbocycles. The van der Waals surface area contributed by atoms with Crippen molar-refractivity contribution in [2.45, 2.75) is 19.3 Å². The van der Waals surface area contributed by atoms with Gasteiger partial charge in [0, 0.05) is 28.8 Å². The maximum atomic E-state index is 10.8. The Kier molecular flexibility index (Phi) is 3.49. The predicted octanol–water partition coefficient (Wildman–Crippen LogP) is 2.68. The number of benzene rings is 1. The number of nitrogens with zero attached hydrogens (tertiary/aromatic N) is 1. The highest BCUT2D eigenvalue weighted by atomic mass is 79.9. The monoisotopic (exact) mass is 283 g/mol. The zero-order valence-electron chi connectivity index (χ0n) is 8.95. The van der Waals surface area contributed by atoms with Crippen LogP contribution >= 0.6 is 15.9 Å². The molecule has 0 aromatic heterocycles. The van der Waals surface area contributed by atoms with E-state index in [0.717, 1.165) is 28.8 Å². The van der Waals surface area contributed by atoms with Gasteiger partial charge in [-0.05, 0) is 25.0 Å². The van der Waals surface area contributed by atoms with Crippen LogP contribution in [0.3, 0.4) is 0 Å². The third-order valence-electron chi connectivity index (χ3n) is 2.87. The van der Waals surface area contributed by atoms with Crippen LogP contribution in [0.4, 0.5) is 5.69 Å². The van der Waals surface area contributed by atoms with Crippen molar-refractivity contribution in [1.29, 1.82) is 0 Å². The van der Waals surface area contributed by atoms with Gasteiger partial charge in [-0.2, -0.15) is 0 Å². The molecule has 1 aromatic rings. The van der Waals surface area contributed by atoms with Gasteiger partial charge in [0.05, 0.1) is 6.42 Å². The van der Waals surface area contributed by atoms with Gasteiger partial charge in [-0.3, -0.25) is 4.79 Å². The summed E-state index contributed by atoms with van der Waals surface area (Å²) in [5.41, 5.74) is 1.95. The van der Waals surface area contributed by atoms with Gasteiger partial charge < -0.3 is 10.0 Å². The molecule has 0 amide bonds. The summed E-state index contributed by atoms with van der Waals surface area (Å²) in [7, 11) is 0. The van der Waals surface area contributed by atoms with E-state index < -0.39 is 5.97 Å². The summed E-state index contributed by atoms with van der Waals surface area (Å²) in [6.07, 6.45) is 2.46. The zero-order valence-corrected chi connectivity index (χ0v) is 10.5. The van der Waals surface area contributed by atoms with E-state index in [1.165, 1.54) is 12.8 Å². The number of carboxylic acid groups (broad SMARTS) is 1. The lowest BCUT2D eigenvalue weighted by atomic mass is 10.1. The summed E-state index contributed by atoms with van der Waals surface area (Å²) in [5.74, 6) is -0.785. The standard InChI is InChI=1S/C12H14BrNO2/c13-10-4-3-5-11(9(10)8-12(15)16)14-6-1-2-7-14/h3-5H,1-2,6-8H2,(H,15,16). The summed E-state index contributed by atoms with van der Waals surface area (Å²) in [4.78, 5) is 13.1. The average molecular weight is 284 g/mol. The fourth-order valence-electron chi connectivity index (χ4n) is 2.13. The number of carboxylic acids is 1. The van der Waals surface area contributed by atoms with E-state index in [1.807, 2.05) is 18.2 Å². The van der Waals surface area contributed by atoms with Crippen molar-refractivity contribution in [2.75, 3.05) is 18.0 Å². The maximum absolute atomic E-state index is 10.8. The second-order valence-electron chi connectivity index (χ2n) is 4.00. The van der Waals surface area contributed by atoms with Crippen molar-refractivity contribution in [3.8, 4) is 0 Å². The maximum Gasteiger partial charge on any atom is 0.307 e. The molecule has 0 saturated carbocycles. The lowest BCUT2D eigenvalue weighted by Gasteiger charge is -2.21. The zero-order chi connectivity index (χ0) is 11.5. The number of aliphatic carboxylic acids is 1. The van der Waals surface area contributed by atoms with Crippen molar-refractivity contribution in [2.24, 2.45) is 0 Å². The Hall–Kier alpha value is -1.03. The molecule has 3 nitrogen and oxygen atoms in total. The summed E-state index contributed by atoms with van der Waals surface area (Å²) < 4.78 is 0.888. The van der Waals surface area contributed by atoms with Gasteiger partial charge in [0.1, 0.15) is 0 Å². The second kappa shape index (κ2) is 4.87. The van der Waals surface area contributed by atoms with Gasteiger partial charge in [-0.25, -0.2) is 0 Å². The Morgan fingerprint density at radius 1 is 1.38 bits per heavy atom. The summed E-state index contributed by atoms with van der Waals surface area (Å²) in [6, 6.07) is 5.87. The molecule has 0 aliphatic carbocycles. The van der Waals surface area contributed by atoms with Crippen molar-refractivity contribution in [1.82, 2.24) is 0 Å². The van der Waals surface area contributed by atoms with Gasteiger partial charge in [-0.1, -0.05) is 22.0 Å². The lowest BCUT2D eigenvalue weighted by Crippen LogP contribution is -2.20. The first-order valence-electron chi connectivity index (χ1n) is 5.42. The third-order valence-corrected chi connectivity index (χ3v) is 3.61. The van der Waals surface area contributed by atoms with Crippen LogP contribution in [0.15, 0.2) is 22.7 Å². The molecule has 0 atom stereocenters. The molecule has 16 heavy (non-hydrogen) atoms. The fourth-order valence-corrected chi connectivity index (χ4v) is 2.62. The molecule has 0 spiro atoms. The highest BCUT2D eigenvalue weighted by Gasteiger charge is 2.18. The molecule has 0 unspecified atom stereocenters. The number of hydrogen-bond donors (Lipinski definition) is 1. The third kappa shape index (κ3) is 2.38. The van der Waals surface area contributed by atoms with E-state index in [4.69, 9.17) is 5.11 Å². The van der Waals surface area contributed by atoms with Crippen molar-refractivity contribution in [3.05, 3.63) is 28.2 Å². The first-order chi connectivity index (χ1) is 7.68. The van der Waals surface area contributed by atoms with Crippen LogP contribution in [0.1, 0.15) is 18.4 Å². The van der Waals surface area contributed by atoms with Gasteiger partial charge in [0.15, 0.2) is 0 Å². The molecule has 0 radical (unpaired) electrons. The average Bonchev–Trinajstić information content (AvgIpc) is 2.73. The van der Waals surface area contributed by atoms with Crippen LogP contribution in [0.2, 0.25) is 0 Å². The lowest BCUT2D eigenvalue weighted by molar-refractivity contribution is -0.136. The molecule has 1 fully saturated rings. The number of hydrogen-bond acceptors (Lipinski definition) is 2. The Labute approximate surface area is 103 Å². The molecule has 0 bridgehead atoms. The van der Waals surface area contributed by atoms with Crippen molar-refractivity contribution in [3.63, 3.8) is 0 Å². The van der Waals surface area contributed by atoms with Crippen LogP contribution in [0, 0.1) is 0 Å². The van der Waals surface area contributed by atoms with Crippen LogP contribution in [0.5, 0.6) is 0 Å². The molecule has 1 aliphatic heterocycles. The molecular formula is C12H14BrNO2. The van der Waals surface area contributed by atoms with Gasteiger partial charge in [-0.15, -0.1) is 0 Å². The van der Waals surface area contributed by atoms with Gasteiger partial charge >= 0.3 is 5.97 Å². The first kappa shape index (κ1) is 11.5. The van der Waals surface area contributed by atoms with E-state index in [1.54, 1.807) is 0 Å². The van der Waals surface area contributed by atoms with Crippen LogP contribution in [-0.2, 0) is 11.2 Å². The Bertz CT molecular complexity index is 400. The molecule has 1 heterocycles. The number of anilines is 1. The Morgan fingerprint density at radius 3 is 2.69 bits per heavy atom. The van der Waals surface area contributed by atoms with Gasteiger partial charge in [0.25, 0.3) is 0 Å². The molecular weight excluding hydrogens is 270 g/mol. The number of carbonyl (C=O) groups is 1. The molecule has 1 saturated heterocycles. The molecule has 4 heteroatoms. The van der Waals surface area contributed by atoms with Crippen molar-refractivity contribution >= 4 is 27.6 Å². The summed E-state index contributed by atoms with van der Waals surface area (Å²) in [5, 5.41) is 8.92. The Balaban J connectivity index is 2.34. The minimum absolute atomic E-state index is 0.0766. The first-order valence-corrected chi connectivity index (χ1v) is 6.22. The smallest absolute Gasteiger partial charge is 0.307 e.